The largest absolute Gasteiger partial charge is 0.352 e. The van der Waals surface area contributed by atoms with Crippen LogP contribution in [0.3, 0.4) is 0 Å². The minimum atomic E-state index is -0.505. The molecule has 2 heterocycles. The van der Waals surface area contributed by atoms with Crippen LogP contribution in [0.5, 0.6) is 0 Å². The number of rotatable bonds is 2. The Kier molecular flexibility index (Phi) is 4.49. The summed E-state index contributed by atoms with van der Waals surface area (Å²) in [6, 6.07) is 8.69. The van der Waals surface area contributed by atoms with Crippen molar-refractivity contribution < 1.29 is 9.59 Å². The van der Waals surface area contributed by atoms with Gasteiger partial charge in [0.25, 0.3) is 11.8 Å². The SMILES string of the molecule is Cc1cc(C=C2C(=O)NC(=S)N(c3cccc(Cl)c3)C2=O)c(C)n1C. The minimum absolute atomic E-state index is 0.0299. The van der Waals surface area contributed by atoms with Crippen molar-refractivity contribution in [3.05, 3.63) is 57.9 Å². The van der Waals surface area contributed by atoms with Gasteiger partial charge in [-0.1, -0.05) is 17.7 Å². The summed E-state index contributed by atoms with van der Waals surface area (Å²) in [6.07, 6.45) is 1.60. The standard InChI is InChI=1S/C18H16ClN3O2S/c1-10-7-12(11(2)21(10)3)8-15-16(23)20-18(25)22(17(15)24)14-6-4-5-13(19)9-14/h4-9H,1-3H3,(H,20,23,25). The molecule has 3 rings (SSSR count). The van der Waals surface area contributed by atoms with Gasteiger partial charge in [-0.2, -0.15) is 0 Å². The molecule has 1 N–H and O–H groups in total. The Morgan fingerprint density at radius 1 is 1.20 bits per heavy atom. The zero-order valence-corrected chi connectivity index (χ0v) is 15.5. The minimum Gasteiger partial charge on any atom is -0.352 e. The van der Waals surface area contributed by atoms with Gasteiger partial charge in [0.15, 0.2) is 5.11 Å². The van der Waals surface area contributed by atoms with E-state index in [1.54, 1.807) is 30.3 Å². The van der Waals surface area contributed by atoms with E-state index in [-0.39, 0.29) is 10.7 Å². The normalized spacial score (nSPS) is 16.6. The summed E-state index contributed by atoms with van der Waals surface area (Å²) in [6.45, 7) is 3.90. The fraction of sp³-hybridized carbons (Fsp3) is 0.167. The fourth-order valence-electron chi connectivity index (χ4n) is 2.69. The van der Waals surface area contributed by atoms with Crippen LogP contribution in [0.2, 0.25) is 5.02 Å². The van der Waals surface area contributed by atoms with Crippen LogP contribution in [0.1, 0.15) is 17.0 Å². The summed E-state index contributed by atoms with van der Waals surface area (Å²) in [5.41, 5.74) is 3.36. The maximum atomic E-state index is 12.9. The molecule has 1 fully saturated rings. The van der Waals surface area contributed by atoms with Gasteiger partial charge in [-0.25, -0.2) is 0 Å². The summed E-state index contributed by atoms with van der Waals surface area (Å²) < 4.78 is 2.00. The Hall–Kier alpha value is -2.44. The topological polar surface area (TPSA) is 54.3 Å². The Morgan fingerprint density at radius 2 is 1.92 bits per heavy atom. The van der Waals surface area contributed by atoms with E-state index in [1.165, 1.54) is 4.90 Å². The molecule has 0 radical (unpaired) electrons. The van der Waals surface area contributed by atoms with Gasteiger partial charge in [-0.3, -0.25) is 19.8 Å². The van der Waals surface area contributed by atoms with Gasteiger partial charge in [-0.15, -0.1) is 0 Å². The summed E-state index contributed by atoms with van der Waals surface area (Å²) in [5.74, 6) is -0.980. The Morgan fingerprint density at radius 3 is 2.52 bits per heavy atom. The van der Waals surface area contributed by atoms with Crippen LogP contribution in [0.4, 0.5) is 5.69 Å². The van der Waals surface area contributed by atoms with Crippen molar-refractivity contribution in [2.24, 2.45) is 7.05 Å². The lowest BCUT2D eigenvalue weighted by Crippen LogP contribution is -2.54. The third kappa shape index (κ3) is 3.10. The Bertz CT molecular complexity index is 946. The summed E-state index contributed by atoms with van der Waals surface area (Å²) >= 11 is 11.2. The van der Waals surface area contributed by atoms with E-state index in [9.17, 15) is 9.59 Å². The van der Waals surface area contributed by atoms with E-state index < -0.39 is 11.8 Å². The number of halogens is 1. The molecule has 1 aliphatic rings. The molecule has 1 aliphatic heterocycles. The Balaban J connectivity index is 2.06. The van der Waals surface area contributed by atoms with Crippen LogP contribution in [-0.2, 0) is 16.6 Å². The molecule has 1 saturated heterocycles. The molecule has 0 aliphatic carbocycles. The lowest BCUT2D eigenvalue weighted by Gasteiger charge is -2.29. The van der Waals surface area contributed by atoms with Gasteiger partial charge in [-0.05, 0) is 62.0 Å². The molecular weight excluding hydrogens is 358 g/mol. The second-order valence-corrected chi connectivity index (χ2v) is 6.65. The van der Waals surface area contributed by atoms with Gasteiger partial charge in [0.1, 0.15) is 5.57 Å². The lowest BCUT2D eigenvalue weighted by molar-refractivity contribution is -0.122. The highest BCUT2D eigenvalue weighted by Gasteiger charge is 2.34. The van der Waals surface area contributed by atoms with Crippen molar-refractivity contribution in [3.63, 3.8) is 0 Å². The predicted octanol–water partition coefficient (Wildman–Crippen LogP) is 3.13. The fourth-order valence-corrected chi connectivity index (χ4v) is 3.16. The second kappa shape index (κ2) is 6.46. The van der Waals surface area contributed by atoms with Crippen molar-refractivity contribution in [3.8, 4) is 0 Å². The quantitative estimate of drug-likeness (QED) is 0.500. The van der Waals surface area contributed by atoms with E-state index in [2.05, 4.69) is 5.32 Å². The molecule has 1 aromatic carbocycles. The first-order valence-electron chi connectivity index (χ1n) is 7.59. The average molecular weight is 374 g/mol. The number of hydrogen-bond acceptors (Lipinski definition) is 3. The number of aromatic nitrogens is 1. The van der Waals surface area contributed by atoms with Crippen molar-refractivity contribution in [1.82, 2.24) is 9.88 Å². The first-order valence-corrected chi connectivity index (χ1v) is 8.38. The summed E-state index contributed by atoms with van der Waals surface area (Å²) in [7, 11) is 1.93. The maximum absolute atomic E-state index is 12.9. The first kappa shape index (κ1) is 17.4. The third-order valence-corrected chi connectivity index (χ3v) is 4.80. The van der Waals surface area contributed by atoms with Crippen LogP contribution in [0, 0.1) is 13.8 Å². The van der Waals surface area contributed by atoms with Gasteiger partial charge >= 0.3 is 0 Å². The highest BCUT2D eigenvalue weighted by Crippen LogP contribution is 2.25. The van der Waals surface area contributed by atoms with Crippen LogP contribution in [0.25, 0.3) is 6.08 Å². The molecule has 7 heteroatoms. The third-order valence-electron chi connectivity index (χ3n) is 4.28. The number of aryl methyl sites for hydroxylation is 1. The first-order chi connectivity index (χ1) is 11.8. The van der Waals surface area contributed by atoms with Gasteiger partial charge in [0.05, 0.1) is 5.69 Å². The molecule has 2 aromatic rings. The van der Waals surface area contributed by atoms with Crippen LogP contribution in [0.15, 0.2) is 35.9 Å². The van der Waals surface area contributed by atoms with E-state index in [0.29, 0.717) is 10.7 Å². The van der Waals surface area contributed by atoms with Crippen molar-refractivity contribution in [2.75, 3.05) is 4.90 Å². The van der Waals surface area contributed by atoms with Crippen LogP contribution in [-0.4, -0.2) is 21.5 Å². The van der Waals surface area contributed by atoms with E-state index in [0.717, 1.165) is 17.0 Å². The second-order valence-electron chi connectivity index (χ2n) is 5.82. The van der Waals surface area contributed by atoms with Gasteiger partial charge in [0.2, 0.25) is 0 Å². The van der Waals surface area contributed by atoms with Gasteiger partial charge in [0, 0.05) is 23.5 Å². The number of nitrogens with zero attached hydrogens (tertiary/aromatic N) is 2. The molecule has 0 spiro atoms. The van der Waals surface area contributed by atoms with Crippen LogP contribution >= 0.6 is 23.8 Å². The highest BCUT2D eigenvalue weighted by atomic mass is 35.5. The molecule has 0 bridgehead atoms. The number of nitrogens with one attached hydrogen (secondary N) is 1. The number of anilines is 1. The predicted molar refractivity (Wildman–Crippen MR) is 103 cm³/mol. The summed E-state index contributed by atoms with van der Waals surface area (Å²) in [4.78, 5) is 26.5. The van der Waals surface area contributed by atoms with E-state index >= 15 is 0 Å². The molecule has 0 unspecified atom stereocenters. The lowest BCUT2D eigenvalue weighted by atomic mass is 10.1. The van der Waals surface area contributed by atoms with Crippen LogP contribution < -0.4 is 10.2 Å². The monoisotopic (exact) mass is 373 g/mol. The number of amides is 2. The highest BCUT2D eigenvalue weighted by molar-refractivity contribution is 7.80. The maximum Gasteiger partial charge on any atom is 0.270 e. The van der Waals surface area contributed by atoms with E-state index in [1.807, 2.05) is 31.5 Å². The molecule has 1 aromatic heterocycles. The number of benzene rings is 1. The number of thiocarbonyl (C=S) groups is 1. The number of carbonyl (C=O) groups excluding carboxylic acids is 2. The number of carbonyl (C=O) groups is 2. The summed E-state index contributed by atoms with van der Waals surface area (Å²) in [5, 5.41) is 3.08. The van der Waals surface area contributed by atoms with Crippen molar-refractivity contribution >= 4 is 52.5 Å². The zero-order chi connectivity index (χ0) is 18.3. The molecule has 25 heavy (non-hydrogen) atoms. The molecule has 2 amide bonds. The molecule has 128 valence electrons. The van der Waals surface area contributed by atoms with E-state index in [4.69, 9.17) is 23.8 Å². The van der Waals surface area contributed by atoms with Gasteiger partial charge < -0.3 is 4.57 Å². The number of hydrogen-bond donors (Lipinski definition) is 1. The molecule has 0 saturated carbocycles. The van der Waals surface area contributed by atoms with Crippen molar-refractivity contribution in [1.29, 1.82) is 0 Å². The Labute approximate surface area is 155 Å². The van der Waals surface area contributed by atoms with Crippen molar-refractivity contribution in [2.45, 2.75) is 13.8 Å². The smallest absolute Gasteiger partial charge is 0.270 e. The molecule has 0 atom stereocenters. The molecular formula is C18H16ClN3O2S. The molecule has 5 nitrogen and oxygen atoms in total. The average Bonchev–Trinajstić information content (AvgIpc) is 2.78. The zero-order valence-electron chi connectivity index (χ0n) is 14.0.